The molecule has 3 nitrogen and oxygen atoms in total. The molecule has 26 heavy (non-hydrogen) atoms. The first kappa shape index (κ1) is 16.1. The Morgan fingerprint density at radius 3 is 2.54 bits per heavy atom. The van der Waals surface area contributed by atoms with Crippen LogP contribution in [-0.2, 0) is 12.8 Å². The third-order valence-corrected chi connectivity index (χ3v) is 6.23. The SMILES string of the molecule is Clc1ccc(-c2noc3c2-c2nc(-c4ccccc4Cl)sc2CC3)cc1. The number of aromatic nitrogens is 2. The Hall–Kier alpha value is -2.14. The number of hydrogen-bond donors (Lipinski definition) is 0. The summed E-state index contributed by atoms with van der Waals surface area (Å²) in [4.78, 5) is 6.15. The molecule has 0 radical (unpaired) electrons. The minimum absolute atomic E-state index is 0.696. The van der Waals surface area contributed by atoms with E-state index < -0.39 is 0 Å². The number of benzene rings is 2. The minimum atomic E-state index is 0.696. The van der Waals surface area contributed by atoms with Crippen LogP contribution in [-0.4, -0.2) is 10.1 Å². The van der Waals surface area contributed by atoms with Crippen LogP contribution in [0.4, 0.5) is 0 Å². The first-order valence-electron chi connectivity index (χ1n) is 8.20. The summed E-state index contributed by atoms with van der Waals surface area (Å²) in [5.74, 6) is 0.887. The van der Waals surface area contributed by atoms with Gasteiger partial charge in [0.1, 0.15) is 16.5 Å². The first-order chi connectivity index (χ1) is 12.7. The van der Waals surface area contributed by atoms with Crippen LogP contribution in [0.3, 0.4) is 0 Å². The molecule has 0 bridgehead atoms. The van der Waals surface area contributed by atoms with Crippen LogP contribution in [0.25, 0.3) is 33.1 Å². The van der Waals surface area contributed by atoms with Crippen LogP contribution in [0.2, 0.25) is 10.0 Å². The van der Waals surface area contributed by atoms with Crippen LogP contribution in [0.1, 0.15) is 10.6 Å². The molecule has 0 spiro atoms. The van der Waals surface area contributed by atoms with Crippen LogP contribution < -0.4 is 0 Å². The monoisotopic (exact) mass is 398 g/mol. The van der Waals surface area contributed by atoms with Gasteiger partial charge in [0.05, 0.1) is 16.3 Å². The Morgan fingerprint density at radius 2 is 1.73 bits per heavy atom. The highest BCUT2D eigenvalue weighted by Gasteiger charge is 2.29. The van der Waals surface area contributed by atoms with E-state index in [0.29, 0.717) is 10.0 Å². The zero-order valence-corrected chi connectivity index (χ0v) is 15.8. The molecule has 6 heteroatoms. The lowest BCUT2D eigenvalue weighted by molar-refractivity contribution is 0.385. The third kappa shape index (κ3) is 2.57. The lowest BCUT2D eigenvalue weighted by Crippen LogP contribution is -2.00. The molecular formula is C20H12Cl2N2OS. The molecule has 128 valence electrons. The maximum atomic E-state index is 6.37. The average molecular weight is 399 g/mol. The summed E-state index contributed by atoms with van der Waals surface area (Å²) in [7, 11) is 0. The van der Waals surface area contributed by atoms with Crippen LogP contribution >= 0.6 is 34.5 Å². The molecule has 5 rings (SSSR count). The molecule has 2 aromatic heterocycles. The van der Waals surface area contributed by atoms with Gasteiger partial charge in [-0.1, -0.05) is 58.7 Å². The van der Waals surface area contributed by atoms with Crippen molar-refractivity contribution in [1.82, 2.24) is 10.1 Å². The highest BCUT2D eigenvalue weighted by Crippen LogP contribution is 2.44. The Balaban J connectivity index is 1.67. The fourth-order valence-electron chi connectivity index (χ4n) is 3.24. The van der Waals surface area contributed by atoms with Crippen molar-refractivity contribution in [2.45, 2.75) is 12.8 Å². The van der Waals surface area contributed by atoms with Crippen molar-refractivity contribution in [3.8, 4) is 33.1 Å². The number of fused-ring (bicyclic) bond motifs is 3. The molecule has 1 aliphatic carbocycles. The van der Waals surface area contributed by atoms with Gasteiger partial charge in [0.25, 0.3) is 0 Å². The van der Waals surface area contributed by atoms with E-state index in [-0.39, 0.29) is 0 Å². The summed E-state index contributed by atoms with van der Waals surface area (Å²) >= 11 is 14.1. The van der Waals surface area contributed by atoms with E-state index in [1.807, 2.05) is 48.5 Å². The summed E-state index contributed by atoms with van der Waals surface area (Å²) in [5, 5.41) is 6.65. The van der Waals surface area contributed by atoms with E-state index >= 15 is 0 Å². The van der Waals surface area contributed by atoms with Gasteiger partial charge in [-0.3, -0.25) is 0 Å². The van der Waals surface area contributed by atoms with Gasteiger partial charge in [0.2, 0.25) is 0 Å². The molecule has 0 N–H and O–H groups in total. The van der Waals surface area contributed by atoms with Gasteiger partial charge >= 0.3 is 0 Å². The quantitative estimate of drug-likeness (QED) is 0.384. The highest BCUT2D eigenvalue weighted by atomic mass is 35.5. The van der Waals surface area contributed by atoms with Gasteiger partial charge in [0, 0.05) is 27.4 Å². The lowest BCUT2D eigenvalue weighted by atomic mass is 9.96. The van der Waals surface area contributed by atoms with Crippen molar-refractivity contribution in [2.75, 3.05) is 0 Å². The molecule has 0 saturated carbocycles. The molecule has 2 heterocycles. The molecular weight excluding hydrogens is 387 g/mol. The normalized spacial score (nSPS) is 12.7. The first-order valence-corrected chi connectivity index (χ1v) is 9.77. The van der Waals surface area contributed by atoms with Crippen LogP contribution in [0.5, 0.6) is 0 Å². The fraction of sp³-hybridized carbons (Fsp3) is 0.100. The van der Waals surface area contributed by atoms with Gasteiger partial charge in [-0.25, -0.2) is 4.98 Å². The zero-order valence-electron chi connectivity index (χ0n) is 13.5. The summed E-state index contributed by atoms with van der Waals surface area (Å²) in [5.41, 5.74) is 4.69. The Kier molecular flexibility index (Phi) is 3.85. The van der Waals surface area contributed by atoms with Gasteiger partial charge in [0.15, 0.2) is 0 Å². The molecule has 1 aliphatic rings. The number of halogens is 2. The molecule has 4 aromatic rings. The van der Waals surface area contributed by atoms with Crippen molar-refractivity contribution < 1.29 is 4.52 Å². The predicted octanol–water partition coefficient (Wildman–Crippen LogP) is 6.54. The topological polar surface area (TPSA) is 38.9 Å². The zero-order chi connectivity index (χ0) is 17.7. The number of nitrogens with zero attached hydrogens (tertiary/aromatic N) is 2. The van der Waals surface area contributed by atoms with E-state index in [2.05, 4.69) is 5.16 Å². The number of aryl methyl sites for hydroxylation is 2. The largest absolute Gasteiger partial charge is 0.360 e. The van der Waals surface area contributed by atoms with Gasteiger partial charge in [-0.05, 0) is 24.6 Å². The summed E-state index contributed by atoms with van der Waals surface area (Å²) in [6.45, 7) is 0. The van der Waals surface area contributed by atoms with Gasteiger partial charge in [-0.15, -0.1) is 11.3 Å². The summed E-state index contributed by atoms with van der Waals surface area (Å²) in [6.07, 6.45) is 1.73. The number of thiazole rings is 1. The Bertz CT molecular complexity index is 1120. The van der Waals surface area contributed by atoms with E-state index in [1.165, 1.54) is 4.88 Å². The van der Waals surface area contributed by atoms with Crippen molar-refractivity contribution in [3.05, 3.63) is 69.2 Å². The predicted molar refractivity (Wildman–Crippen MR) is 106 cm³/mol. The number of rotatable bonds is 2. The highest BCUT2D eigenvalue weighted by molar-refractivity contribution is 7.15. The summed E-state index contributed by atoms with van der Waals surface area (Å²) in [6, 6.07) is 15.4. The molecule has 0 unspecified atom stereocenters. The molecule has 0 fully saturated rings. The van der Waals surface area contributed by atoms with Crippen LogP contribution in [0, 0.1) is 0 Å². The third-order valence-electron chi connectivity index (χ3n) is 4.50. The molecule has 0 atom stereocenters. The standard InChI is InChI=1S/C20H12Cl2N2OS/c21-12-7-5-11(6-8-12)18-17-15(25-24-18)9-10-16-19(17)23-20(26-16)13-3-1-2-4-14(13)22/h1-8H,9-10H2. The van der Waals surface area contributed by atoms with E-state index in [0.717, 1.165) is 51.7 Å². The molecule has 0 amide bonds. The van der Waals surface area contributed by atoms with E-state index in [1.54, 1.807) is 11.3 Å². The maximum absolute atomic E-state index is 6.37. The van der Waals surface area contributed by atoms with Gasteiger partial charge < -0.3 is 4.52 Å². The van der Waals surface area contributed by atoms with E-state index in [9.17, 15) is 0 Å². The smallest absolute Gasteiger partial charge is 0.147 e. The average Bonchev–Trinajstić information content (AvgIpc) is 3.26. The number of hydrogen-bond acceptors (Lipinski definition) is 4. The van der Waals surface area contributed by atoms with Crippen molar-refractivity contribution in [1.29, 1.82) is 0 Å². The Labute approximate surface area is 164 Å². The van der Waals surface area contributed by atoms with Gasteiger partial charge in [-0.2, -0.15) is 0 Å². The van der Waals surface area contributed by atoms with Crippen molar-refractivity contribution >= 4 is 34.5 Å². The van der Waals surface area contributed by atoms with E-state index in [4.69, 9.17) is 32.7 Å². The molecule has 0 aliphatic heterocycles. The van der Waals surface area contributed by atoms with Crippen molar-refractivity contribution in [3.63, 3.8) is 0 Å². The lowest BCUT2D eigenvalue weighted by Gasteiger charge is -2.09. The second kappa shape index (κ2) is 6.23. The van der Waals surface area contributed by atoms with Crippen molar-refractivity contribution in [2.24, 2.45) is 0 Å². The summed E-state index contributed by atoms with van der Waals surface area (Å²) < 4.78 is 5.62. The Morgan fingerprint density at radius 1 is 0.923 bits per heavy atom. The van der Waals surface area contributed by atoms with Crippen LogP contribution in [0.15, 0.2) is 53.1 Å². The maximum Gasteiger partial charge on any atom is 0.147 e. The fourth-order valence-corrected chi connectivity index (χ4v) is 4.75. The minimum Gasteiger partial charge on any atom is -0.360 e. The molecule has 0 saturated heterocycles. The second-order valence-corrected chi connectivity index (χ2v) is 8.03. The second-order valence-electron chi connectivity index (χ2n) is 6.11. The molecule has 2 aromatic carbocycles.